The number of hydrogen-bond acceptors (Lipinski definition) is 4. The van der Waals surface area contributed by atoms with Gasteiger partial charge in [0, 0.05) is 6.08 Å². The standard InChI is InChI=1S/C9H8O4/c1-2-9(11)13-6-7(10)8-4-3-5-12-8/h2-5H,1,6H2. The lowest BCUT2D eigenvalue weighted by Gasteiger charge is -1.97. The summed E-state index contributed by atoms with van der Waals surface area (Å²) < 4.78 is 9.30. The van der Waals surface area contributed by atoms with Crippen LogP contribution in [0.25, 0.3) is 0 Å². The van der Waals surface area contributed by atoms with Gasteiger partial charge in [0.15, 0.2) is 12.4 Å². The average molecular weight is 180 g/mol. The predicted molar refractivity (Wildman–Crippen MR) is 44.2 cm³/mol. The highest BCUT2D eigenvalue weighted by molar-refractivity contribution is 5.96. The molecule has 0 aliphatic heterocycles. The number of ketones is 1. The highest BCUT2D eigenvalue weighted by Crippen LogP contribution is 2.01. The minimum Gasteiger partial charge on any atom is -0.461 e. The summed E-state index contributed by atoms with van der Waals surface area (Å²) in [6.07, 6.45) is 2.37. The molecule has 0 aliphatic rings. The van der Waals surface area contributed by atoms with Crippen LogP contribution in [0.5, 0.6) is 0 Å². The SMILES string of the molecule is C=CC(=O)OCC(=O)c1ccco1. The Hall–Kier alpha value is -1.84. The number of furan rings is 1. The van der Waals surface area contributed by atoms with E-state index >= 15 is 0 Å². The molecule has 68 valence electrons. The van der Waals surface area contributed by atoms with Crippen molar-refractivity contribution in [3.8, 4) is 0 Å². The van der Waals surface area contributed by atoms with E-state index in [0.717, 1.165) is 6.08 Å². The quantitative estimate of drug-likeness (QED) is 0.396. The number of carbonyl (C=O) groups is 2. The molecule has 0 bridgehead atoms. The summed E-state index contributed by atoms with van der Waals surface area (Å²) in [6.45, 7) is 2.87. The maximum atomic E-state index is 11.1. The van der Waals surface area contributed by atoms with Crippen LogP contribution in [-0.4, -0.2) is 18.4 Å². The van der Waals surface area contributed by atoms with Crippen molar-refractivity contribution in [1.29, 1.82) is 0 Å². The molecule has 0 spiro atoms. The van der Waals surface area contributed by atoms with E-state index in [2.05, 4.69) is 11.3 Å². The number of esters is 1. The van der Waals surface area contributed by atoms with E-state index in [1.807, 2.05) is 0 Å². The van der Waals surface area contributed by atoms with Crippen LogP contribution in [-0.2, 0) is 9.53 Å². The van der Waals surface area contributed by atoms with Crippen LogP contribution in [0.2, 0.25) is 0 Å². The van der Waals surface area contributed by atoms with Gasteiger partial charge in [-0.05, 0) is 12.1 Å². The number of hydrogen-bond donors (Lipinski definition) is 0. The second-order valence-corrected chi connectivity index (χ2v) is 2.21. The third-order valence-electron chi connectivity index (χ3n) is 1.31. The Kier molecular flexibility index (Phi) is 3.03. The van der Waals surface area contributed by atoms with Crippen molar-refractivity contribution in [2.45, 2.75) is 0 Å². The summed E-state index contributed by atoms with van der Waals surface area (Å²) in [7, 11) is 0. The molecule has 0 aliphatic carbocycles. The summed E-state index contributed by atoms with van der Waals surface area (Å²) >= 11 is 0. The Balaban J connectivity index is 2.43. The fourth-order valence-corrected chi connectivity index (χ4v) is 0.704. The lowest BCUT2D eigenvalue weighted by Crippen LogP contribution is -2.11. The van der Waals surface area contributed by atoms with Crippen molar-refractivity contribution in [3.63, 3.8) is 0 Å². The van der Waals surface area contributed by atoms with Crippen LogP contribution < -0.4 is 0 Å². The summed E-state index contributed by atoms with van der Waals surface area (Å²) in [5.41, 5.74) is 0. The second kappa shape index (κ2) is 4.25. The maximum Gasteiger partial charge on any atom is 0.330 e. The van der Waals surface area contributed by atoms with Crippen molar-refractivity contribution < 1.29 is 18.7 Å². The highest BCUT2D eigenvalue weighted by Gasteiger charge is 2.09. The lowest BCUT2D eigenvalue weighted by atomic mass is 10.3. The molecule has 0 aromatic carbocycles. The van der Waals surface area contributed by atoms with E-state index in [9.17, 15) is 9.59 Å². The van der Waals surface area contributed by atoms with Crippen molar-refractivity contribution in [3.05, 3.63) is 36.8 Å². The first-order chi connectivity index (χ1) is 6.24. The van der Waals surface area contributed by atoms with E-state index in [-0.39, 0.29) is 18.2 Å². The van der Waals surface area contributed by atoms with Crippen molar-refractivity contribution >= 4 is 11.8 Å². The van der Waals surface area contributed by atoms with E-state index < -0.39 is 5.97 Å². The van der Waals surface area contributed by atoms with Crippen molar-refractivity contribution in [1.82, 2.24) is 0 Å². The highest BCUT2D eigenvalue weighted by atomic mass is 16.5. The summed E-state index contributed by atoms with van der Waals surface area (Å²) in [4.78, 5) is 21.7. The molecule has 0 N–H and O–H groups in total. The first-order valence-electron chi connectivity index (χ1n) is 3.60. The molecule has 1 aromatic heterocycles. The van der Waals surface area contributed by atoms with Gasteiger partial charge in [-0.1, -0.05) is 6.58 Å². The minimum absolute atomic E-state index is 0.178. The van der Waals surface area contributed by atoms with Gasteiger partial charge in [-0.15, -0.1) is 0 Å². The van der Waals surface area contributed by atoms with Gasteiger partial charge in [0.2, 0.25) is 5.78 Å². The predicted octanol–water partition coefficient (Wildman–Crippen LogP) is 1.19. The fourth-order valence-electron chi connectivity index (χ4n) is 0.704. The molecule has 0 atom stereocenters. The van der Waals surface area contributed by atoms with E-state index in [0.29, 0.717) is 0 Å². The Morgan fingerprint density at radius 3 is 2.92 bits per heavy atom. The zero-order valence-corrected chi connectivity index (χ0v) is 6.86. The van der Waals surface area contributed by atoms with Crippen LogP contribution in [0.4, 0.5) is 0 Å². The van der Waals surface area contributed by atoms with E-state index in [1.54, 1.807) is 6.07 Å². The third-order valence-corrected chi connectivity index (χ3v) is 1.31. The molecule has 0 unspecified atom stereocenters. The van der Waals surface area contributed by atoms with Gasteiger partial charge in [0.05, 0.1) is 6.26 Å². The largest absolute Gasteiger partial charge is 0.461 e. The topological polar surface area (TPSA) is 56.5 Å². The first-order valence-corrected chi connectivity index (χ1v) is 3.60. The molecule has 4 nitrogen and oxygen atoms in total. The summed E-state index contributed by atoms with van der Waals surface area (Å²) in [5.74, 6) is -0.822. The third kappa shape index (κ3) is 2.59. The second-order valence-electron chi connectivity index (χ2n) is 2.21. The van der Waals surface area contributed by atoms with Crippen LogP contribution in [0, 0.1) is 0 Å². The lowest BCUT2D eigenvalue weighted by molar-refractivity contribution is -0.136. The molecular weight excluding hydrogens is 172 g/mol. The number of rotatable bonds is 4. The van der Waals surface area contributed by atoms with Gasteiger partial charge in [0.25, 0.3) is 0 Å². The molecular formula is C9H8O4. The molecule has 1 aromatic rings. The van der Waals surface area contributed by atoms with E-state index in [1.165, 1.54) is 12.3 Å². The van der Waals surface area contributed by atoms with Crippen molar-refractivity contribution in [2.24, 2.45) is 0 Å². The van der Waals surface area contributed by atoms with E-state index in [4.69, 9.17) is 4.42 Å². The van der Waals surface area contributed by atoms with Gasteiger partial charge < -0.3 is 9.15 Å². The summed E-state index contributed by atoms with van der Waals surface area (Å²) in [5, 5.41) is 0. The summed E-state index contributed by atoms with van der Waals surface area (Å²) in [6, 6.07) is 3.09. The molecule has 13 heavy (non-hydrogen) atoms. The van der Waals surface area contributed by atoms with Gasteiger partial charge in [-0.3, -0.25) is 4.79 Å². The zero-order chi connectivity index (χ0) is 9.68. The number of ether oxygens (including phenoxy) is 1. The van der Waals surface area contributed by atoms with Crippen LogP contribution >= 0.6 is 0 Å². The van der Waals surface area contributed by atoms with Crippen molar-refractivity contribution in [2.75, 3.05) is 6.61 Å². The Labute approximate surface area is 74.8 Å². The molecule has 0 saturated carbocycles. The Bertz CT molecular complexity index is 310. The Morgan fingerprint density at radius 2 is 2.38 bits per heavy atom. The smallest absolute Gasteiger partial charge is 0.330 e. The molecule has 1 rings (SSSR count). The Morgan fingerprint density at radius 1 is 1.62 bits per heavy atom. The normalized spacial score (nSPS) is 9.23. The van der Waals surface area contributed by atoms with Gasteiger partial charge in [0.1, 0.15) is 0 Å². The monoisotopic (exact) mass is 180 g/mol. The van der Waals surface area contributed by atoms with Gasteiger partial charge >= 0.3 is 5.97 Å². The van der Waals surface area contributed by atoms with Crippen LogP contribution in [0.3, 0.4) is 0 Å². The molecule has 1 heterocycles. The van der Waals surface area contributed by atoms with Crippen LogP contribution in [0.1, 0.15) is 10.6 Å². The maximum absolute atomic E-state index is 11.1. The fraction of sp³-hybridized carbons (Fsp3) is 0.111. The zero-order valence-electron chi connectivity index (χ0n) is 6.86. The van der Waals surface area contributed by atoms with Crippen LogP contribution in [0.15, 0.2) is 35.5 Å². The first kappa shape index (κ1) is 9.25. The van der Waals surface area contributed by atoms with Gasteiger partial charge in [-0.25, -0.2) is 4.79 Å². The molecule has 0 saturated heterocycles. The average Bonchev–Trinajstić information content (AvgIpc) is 2.66. The number of carbonyl (C=O) groups excluding carboxylic acids is 2. The molecule has 0 amide bonds. The molecule has 0 fully saturated rings. The number of Topliss-reactive ketones (excluding diaryl/α,β-unsaturated/α-hetero) is 1. The molecule has 4 heteroatoms. The van der Waals surface area contributed by atoms with Gasteiger partial charge in [-0.2, -0.15) is 0 Å². The molecule has 0 radical (unpaired) electrons. The minimum atomic E-state index is -0.625.